The van der Waals surface area contributed by atoms with Crippen molar-refractivity contribution in [2.24, 2.45) is 0 Å². The van der Waals surface area contributed by atoms with E-state index in [9.17, 15) is 12.8 Å². The average Bonchev–Trinajstić information content (AvgIpc) is 2.91. The van der Waals surface area contributed by atoms with Crippen molar-refractivity contribution in [1.29, 1.82) is 0 Å². The molecule has 0 aromatic heterocycles. The SMILES string of the molecule is O=S(=O)(NC1CCOC1)c1ccc(C#CCCO)cc1F. The molecule has 2 rings (SSSR count). The highest BCUT2D eigenvalue weighted by molar-refractivity contribution is 7.89. The molecule has 2 N–H and O–H groups in total. The van der Waals surface area contributed by atoms with Crippen LogP contribution in [-0.2, 0) is 14.8 Å². The quantitative estimate of drug-likeness (QED) is 0.799. The molecule has 0 amide bonds. The molecule has 1 aromatic rings. The van der Waals surface area contributed by atoms with Crippen LogP contribution in [0.2, 0.25) is 0 Å². The molecule has 1 aromatic carbocycles. The van der Waals surface area contributed by atoms with E-state index in [-0.39, 0.29) is 19.1 Å². The summed E-state index contributed by atoms with van der Waals surface area (Å²) in [5, 5.41) is 8.61. The normalized spacial score (nSPS) is 18.3. The number of rotatable bonds is 4. The molecule has 1 atom stereocenters. The van der Waals surface area contributed by atoms with E-state index in [2.05, 4.69) is 16.6 Å². The molecule has 5 nitrogen and oxygen atoms in total. The molecule has 1 aliphatic heterocycles. The molecule has 1 saturated heterocycles. The molecule has 114 valence electrons. The molecule has 0 radical (unpaired) electrons. The van der Waals surface area contributed by atoms with Crippen molar-refractivity contribution >= 4 is 10.0 Å². The minimum Gasteiger partial charge on any atom is -0.395 e. The highest BCUT2D eigenvalue weighted by atomic mass is 32.2. The zero-order valence-corrected chi connectivity index (χ0v) is 12.1. The molecule has 1 aliphatic rings. The number of hydrogen-bond acceptors (Lipinski definition) is 4. The fourth-order valence-electron chi connectivity index (χ4n) is 1.93. The first-order valence-corrected chi connectivity index (χ1v) is 8.00. The minimum absolute atomic E-state index is 0.0741. The van der Waals surface area contributed by atoms with E-state index in [1.807, 2.05) is 0 Å². The number of aliphatic hydroxyl groups excluding tert-OH is 1. The summed E-state index contributed by atoms with van der Waals surface area (Å²) in [7, 11) is -3.91. The molecule has 1 unspecified atom stereocenters. The Hall–Kier alpha value is -1.46. The van der Waals surface area contributed by atoms with Gasteiger partial charge in [-0.15, -0.1) is 0 Å². The standard InChI is InChI=1S/C14H16FNO4S/c15-13-9-11(3-1-2-7-17)4-5-14(13)21(18,19)16-12-6-8-20-10-12/h4-5,9,12,16-17H,2,6-8,10H2. The van der Waals surface area contributed by atoms with Crippen molar-refractivity contribution < 1.29 is 22.7 Å². The van der Waals surface area contributed by atoms with Crippen LogP contribution in [0.1, 0.15) is 18.4 Å². The first-order chi connectivity index (χ1) is 10.0. The summed E-state index contributed by atoms with van der Waals surface area (Å²) in [6, 6.07) is 3.38. The van der Waals surface area contributed by atoms with Crippen LogP contribution < -0.4 is 4.72 Å². The van der Waals surface area contributed by atoms with Crippen molar-refractivity contribution in [2.75, 3.05) is 19.8 Å². The fourth-order valence-corrected chi connectivity index (χ4v) is 3.24. The zero-order chi connectivity index (χ0) is 15.3. The van der Waals surface area contributed by atoms with Crippen LogP contribution in [0.25, 0.3) is 0 Å². The summed E-state index contributed by atoms with van der Waals surface area (Å²) in [6.07, 6.45) is 0.858. The third-order valence-corrected chi connectivity index (χ3v) is 4.50. The Balaban J connectivity index is 2.18. The fraction of sp³-hybridized carbons (Fsp3) is 0.429. The Bertz CT molecular complexity index is 657. The second-order valence-corrected chi connectivity index (χ2v) is 6.28. The lowest BCUT2D eigenvalue weighted by Gasteiger charge is -2.12. The Kier molecular flexibility index (Phi) is 5.31. The van der Waals surface area contributed by atoms with Crippen LogP contribution >= 0.6 is 0 Å². The van der Waals surface area contributed by atoms with Crippen LogP contribution in [0.15, 0.2) is 23.1 Å². The molecular weight excluding hydrogens is 297 g/mol. The van der Waals surface area contributed by atoms with Crippen molar-refractivity contribution in [3.8, 4) is 11.8 Å². The van der Waals surface area contributed by atoms with Crippen LogP contribution in [0.3, 0.4) is 0 Å². The van der Waals surface area contributed by atoms with Gasteiger partial charge in [0.25, 0.3) is 0 Å². The minimum atomic E-state index is -3.91. The Morgan fingerprint density at radius 3 is 2.90 bits per heavy atom. The molecule has 21 heavy (non-hydrogen) atoms. The van der Waals surface area contributed by atoms with E-state index in [0.29, 0.717) is 25.2 Å². The Morgan fingerprint density at radius 2 is 2.29 bits per heavy atom. The predicted molar refractivity (Wildman–Crippen MR) is 74.5 cm³/mol. The van der Waals surface area contributed by atoms with Gasteiger partial charge < -0.3 is 9.84 Å². The second-order valence-electron chi connectivity index (χ2n) is 4.60. The van der Waals surface area contributed by atoms with E-state index in [4.69, 9.17) is 9.84 Å². The number of benzene rings is 1. The van der Waals surface area contributed by atoms with Crippen LogP contribution in [-0.4, -0.2) is 39.4 Å². The van der Waals surface area contributed by atoms with Gasteiger partial charge in [0.1, 0.15) is 10.7 Å². The average molecular weight is 313 g/mol. The number of sulfonamides is 1. The smallest absolute Gasteiger partial charge is 0.243 e. The zero-order valence-electron chi connectivity index (χ0n) is 11.3. The first kappa shape index (κ1) is 15.9. The van der Waals surface area contributed by atoms with Gasteiger partial charge >= 0.3 is 0 Å². The lowest BCUT2D eigenvalue weighted by Crippen LogP contribution is -2.35. The summed E-state index contributed by atoms with van der Waals surface area (Å²) < 4.78 is 45.7. The number of halogens is 1. The monoisotopic (exact) mass is 313 g/mol. The summed E-state index contributed by atoms with van der Waals surface area (Å²) >= 11 is 0. The third kappa shape index (κ3) is 4.25. The van der Waals surface area contributed by atoms with Crippen molar-refractivity contribution in [3.63, 3.8) is 0 Å². The summed E-state index contributed by atoms with van der Waals surface area (Å²) in [5.41, 5.74) is 0.365. The van der Waals surface area contributed by atoms with E-state index in [0.717, 1.165) is 6.07 Å². The van der Waals surface area contributed by atoms with E-state index >= 15 is 0 Å². The molecule has 7 heteroatoms. The second kappa shape index (κ2) is 7.00. The van der Waals surface area contributed by atoms with Gasteiger partial charge in [-0.05, 0) is 24.6 Å². The third-order valence-electron chi connectivity index (χ3n) is 2.94. The van der Waals surface area contributed by atoms with Gasteiger partial charge in [-0.25, -0.2) is 17.5 Å². The predicted octanol–water partition coefficient (Wildman–Crippen LogP) is 0.627. The van der Waals surface area contributed by atoms with E-state index in [1.54, 1.807) is 0 Å². The molecular formula is C14H16FNO4S. The number of aliphatic hydroxyl groups is 1. The summed E-state index contributed by atoms with van der Waals surface area (Å²) in [5.74, 6) is 4.45. The van der Waals surface area contributed by atoms with Gasteiger partial charge in [0.15, 0.2) is 0 Å². The molecule has 0 saturated carbocycles. The number of nitrogens with one attached hydrogen (secondary N) is 1. The lowest BCUT2D eigenvalue weighted by molar-refractivity contribution is 0.192. The first-order valence-electron chi connectivity index (χ1n) is 6.52. The Labute approximate surface area is 123 Å². The maximum absolute atomic E-state index is 14.0. The van der Waals surface area contributed by atoms with Gasteiger partial charge in [0, 0.05) is 24.6 Å². The topological polar surface area (TPSA) is 75.6 Å². The van der Waals surface area contributed by atoms with E-state index < -0.39 is 20.7 Å². The van der Waals surface area contributed by atoms with Crippen molar-refractivity contribution in [1.82, 2.24) is 4.72 Å². The van der Waals surface area contributed by atoms with E-state index in [1.165, 1.54) is 12.1 Å². The maximum atomic E-state index is 14.0. The molecule has 0 bridgehead atoms. The molecule has 0 spiro atoms. The lowest BCUT2D eigenvalue weighted by atomic mass is 10.2. The van der Waals surface area contributed by atoms with Gasteiger partial charge in [0.05, 0.1) is 13.2 Å². The van der Waals surface area contributed by atoms with Gasteiger partial charge in [-0.1, -0.05) is 11.8 Å². The molecule has 1 heterocycles. The highest BCUT2D eigenvalue weighted by Crippen LogP contribution is 2.17. The summed E-state index contributed by atoms with van der Waals surface area (Å²) in [4.78, 5) is -0.401. The maximum Gasteiger partial charge on any atom is 0.243 e. The largest absolute Gasteiger partial charge is 0.395 e. The van der Waals surface area contributed by atoms with Gasteiger partial charge in [0.2, 0.25) is 10.0 Å². The van der Waals surface area contributed by atoms with Crippen molar-refractivity contribution in [3.05, 3.63) is 29.6 Å². The molecule has 0 aliphatic carbocycles. The Morgan fingerprint density at radius 1 is 1.48 bits per heavy atom. The van der Waals surface area contributed by atoms with Crippen LogP contribution in [0, 0.1) is 17.7 Å². The highest BCUT2D eigenvalue weighted by Gasteiger charge is 2.25. The van der Waals surface area contributed by atoms with Crippen LogP contribution in [0.4, 0.5) is 4.39 Å². The summed E-state index contributed by atoms with van der Waals surface area (Å²) in [6.45, 7) is 0.718. The number of ether oxygens (including phenoxy) is 1. The van der Waals surface area contributed by atoms with Gasteiger partial charge in [-0.2, -0.15) is 0 Å². The number of hydrogen-bond donors (Lipinski definition) is 2. The molecule has 1 fully saturated rings. The van der Waals surface area contributed by atoms with Crippen molar-refractivity contribution in [2.45, 2.75) is 23.8 Å². The van der Waals surface area contributed by atoms with Crippen LogP contribution in [0.5, 0.6) is 0 Å². The van der Waals surface area contributed by atoms with Gasteiger partial charge in [-0.3, -0.25) is 0 Å².